The van der Waals surface area contributed by atoms with E-state index in [1.165, 1.54) is 37.5 Å². The number of alkyl halides is 3. The van der Waals surface area contributed by atoms with Crippen LogP contribution in [0.4, 0.5) is 28.9 Å². The molecule has 0 aromatic heterocycles. The maximum atomic E-state index is 13.5. The highest BCUT2D eigenvalue weighted by atomic mass is 19.4. The quantitative estimate of drug-likeness (QED) is 0.616. The van der Waals surface area contributed by atoms with E-state index in [2.05, 4.69) is 20.0 Å². The van der Waals surface area contributed by atoms with Crippen LogP contribution in [0, 0.1) is 11.7 Å². The van der Waals surface area contributed by atoms with Gasteiger partial charge in [-0.15, -0.1) is 0 Å². The molecule has 0 bridgehead atoms. The van der Waals surface area contributed by atoms with Gasteiger partial charge in [0.05, 0.1) is 17.5 Å². The lowest BCUT2D eigenvalue weighted by molar-refractivity contribution is -0.137. The van der Waals surface area contributed by atoms with Crippen LogP contribution in [0.1, 0.15) is 30.4 Å². The highest BCUT2D eigenvalue weighted by Crippen LogP contribution is 2.40. The largest absolute Gasteiger partial charge is 0.416 e. The molecule has 0 spiro atoms. The minimum atomic E-state index is -4.43. The van der Waals surface area contributed by atoms with E-state index in [4.69, 9.17) is 0 Å². The lowest BCUT2D eigenvalue weighted by atomic mass is 9.82. The SMILES string of the molecule is O=C(NCCN1CCCCC1)C1Cc2cc(C(F)(F)F)ccc2N2CCN(c3ccc(F)cc3)CC12. The monoisotopic (exact) mass is 504 g/mol. The Labute approximate surface area is 209 Å². The average Bonchev–Trinajstić information content (AvgIpc) is 2.88. The summed E-state index contributed by atoms with van der Waals surface area (Å²) in [6.07, 6.45) is -0.588. The van der Waals surface area contributed by atoms with Crippen LogP contribution in [0.2, 0.25) is 0 Å². The number of carbonyl (C=O) groups excluding carboxylic acids is 1. The highest BCUT2D eigenvalue weighted by molar-refractivity contribution is 5.82. The fourth-order valence-electron chi connectivity index (χ4n) is 5.84. The third-order valence-corrected chi connectivity index (χ3v) is 7.74. The minimum absolute atomic E-state index is 0.119. The first-order valence-corrected chi connectivity index (χ1v) is 12.8. The van der Waals surface area contributed by atoms with E-state index in [-0.39, 0.29) is 24.2 Å². The first kappa shape index (κ1) is 24.9. The smallest absolute Gasteiger partial charge is 0.368 e. The van der Waals surface area contributed by atoms with E-state index in [9.17, 15) is 22.4 Å². The standard InChI is InChI=1S/C27H32F4N4O/c28-21-5-7-22(8-6-21)34-14-15-35-24-9-4-20(27(29,30)31)16-19(24)17-23(25(35)18-34)26(36)32-10-13-33-11-2-1-3-12-33/h4-9,16,23,25H,1-3,10-15,17-18H2,(H,32,36). The van der Waals surface area contributed by atoms with Gasteiger partial charge >= 0.3 is 6.18 Å². The number of piperidine rings is 1. The summed E-state index contributed by atoms with van der Waals surface area (Å²) in [5.41, 5.74) is 1.52. The molecule has 5 rings (SSSR count). The van der Waals surface area contributed by atoms with Crippen molar-refractivity contribution >= 4 is 17.3 Å². The molecule has 3 aliphatic rings. The van der Waals surface area contributed by atoms with Crippen molar-refractivity contribution in [2.75, 3.05) is 55.6 Å². The predicted octanol–water partition coefficient (Wildman–Crippen LogP) is 4.31. The second-order valence-electron chi connectivity index (χ2n) is 10.0. The van der Waals surface area contributed by atoms with Crippen LogP contribution in [0.15, 0.2) is 42.5 Å². The Bertz CT molecular complexity index is 1070. The van der Waals surface area contributed by atoms with E-state index in [1.807, 2.05) is 0 Å². The van der Waals surface area contributed by atoms with Gasteiger partial charge in [0.15, 0.2) is 0 Å². The second-order valence-corrected chi connectivity index (χ2v) is 10.0. The molecule has 1 N–H and O–H groups in total. The molecule has 0 aliphatic carbocycles. The van der Waals surface area contributed by atoms with Gasteiger partial charge in [-0.2, -0.15) is 13.2 Å². The molecule has 36 heavy (non-hydrogen) atoms. The molecular weight excluding hydrogens is 472 g/mol. The number of nitrogens with one attached hydrogen (secondary N) is 1. The number of benzene rings is 2. The van der Waals surface area contributed by atoms with Gasteiger partial charge in [0.25, 0.3) is 0 Å². The maximum Gasteiger partial charge on any atom is 0.416 e. The Morgan fingerprint density at radius 3 is 2.44 bits per heavy atom. The number of carbonyl (C=O) groups is 1. The minimum Gasteiger partial charge on any atom is -0.368 e. The summed E-state index contributed by atoms with van der Waals surface area (Å²) >= 11 is 0. The molecule has 2 aromatic carbocycles. The van der Waals surface area contributed by atoms with Gasteiger partial charge < -0.3 is 20.0 Å². The van der Waals surface area contributed by atoms with Crippen LogP contribution < -0.4 is 15.1 Å². The molecule has 3 aliphatic heterocycles. The third-order valence-electron chi connectivity index (χ3n) is 7.74. The number of fused-ring (bicyclic) bond motifs is 3. The summed E-state index contributed by atoms with van der Waals surface area (Å²) in [7, 11) is 0. The fourth-order valence-corrected chi connectivity index (χ4v) is 5.84. The van der Waals surface area contributed by atoms with Crippen LogP contribution in [-0.4, -0.2) is 62.7 Å². The van der Waals surface area contributed by atoms with Crippen LogP contribution in [-0.2, 0) is 17.4 Å². The van der Waals surface area contributed by atoms with Crippen molar-refractivity contribution in [2.45, 2.75) is 37.9 Å². The van der Waals surface area contributed by atoms with Gasteiger partial charge in [-0.25, -0.2) is 4.39 Å². The summed E-state index contributed by atoms with van der Waals surface area (Å²) < 4.78 is 53.7. The van der Waals surface area contributed by atoms with Crippen LogP contribution in [0.3, 0.4) is 0 Å². The summed E-state index contributed by atoms with van der Waals surface area (Å²) in [6.45, 7) is 5.12. The van der Waals surface area contributed by atoms with Crippen LogP contribution in [0.5, 0.6) is 0 Å². The van der Waals surface area contributed by atoms with Crippen molar-refractivity contribution in [3.8, 4) is 0 Å². The van der Waals surface area contributed by atoms with Crippen LogP contribution >= 0.6 is 0 Å². The molecular formula is C27H32F4N4O. The van der Waals surface area contributed by atoms with Gasteiger partial charge in [0.2, 0.25) is 5.91 Å². The number of likely N-dealkylation sites (tertiary alicyclic amines) is 1. The Morgan fingerprint density at radius 2 is 1.72 bits per heavy atom. The van der Waals surface area contributed by atoms with Crippen molar-refractivity contribution < 1.29 is 22.4 Å². The number of nitrogens with zero attached hydrogens (tertiary/aromatic N) is 3. The predicted molar refractivity (Wildman–Crippen MR) is 132 cm³/mol. The lowest BCUT2D eigenvalue weighted by Crippen LogP contribution is -2.61. The third kappa shape index (κ3) is 5.31. The van der Waals surface area contributed by atoms with Gasteiger partial charge in [-0.05, 0) is 80.4 Å². The summed E-state index contributed by atoms with van der Waals surface area (Å²) in [5.74, 6) is -0.910. The molecule has 3 heterocycles. The number of amides is 1. The van der Waals surface area contributed by atoms with E-state index in [0.29, 0.717) is 31.7 Å². The van der Waals surface area contributed by atoms with Gasteiger partial charge in [-0.1, -0.05) is 6.42 Å². The first-order valence-electron chi connectivity index (χ1n) is 12.8. The number of anilines is 2. The topological polar surface area (TPSA) is 38.8 Å². The van der Waals surface area contributed by atoms with Gasteiger partial charge in [0.1, 0.15) is 5.82 Å². The van der Waals surface area contributed by atoms with Gasteiger partial charge in [0, 0.05) is 44.1 Å². The first-order chi connectivity index (χ1) is 17.3. The number of rotatable bonds is 5. The van der Waals surface area contributed by atoms with Crippen LogP contribution in [0.25, 0.3) is 0 Å². The molecule has 1 amide bonds. The highest BCUT2D eigenvalue weighted by Gasteiger charge is 2.42. The molecule has 2 aromatic rings. The average molecular weight is 505 g/mol. The maximum absolute atomic E-state index is 13.5. The van der Waals surface area contributed by atoms with E-state index in [0.717, 1.165) is 37.1 Å². The zero-order chi connectivity index (χ0) is 25.3. The molecule has 5 nitrogen and oxygen atoms in total. The normalized spacial score (nSPS) is 22.7. The molecule has 2 fully saturated rings. The molecule has 2 atom stereocenters. The zero-order valence-corrected chi connectivity index (χ0v) is 20.2. The Balaban J connectivity index is 1.37. The van der Waals surface area contributed by atoms with Crippen molar-refractivity contribution in [3.63, 3.8) is 0 Å². The number of piperazine rings is 1. The second kappa shape index (κ2) is 10.3. The van der Waals surface area contributed by atoms with Gasteiger partial charge in [-0.3, -0.25) is 4.79 Å². The lowest BCUT2D eigenvalue weighted by Gasteiger charge is -2.49. The van der Waals surface area contributed by atoms with E-state index >= 15 is 0 Å². The molecule has 0 radical (unpaired) electrons. The number of hydrogen-bond acceptors (Lipinski definition) is 4. The summed E-state index contributed by atoms with van der Waals surface area (Å²) in [4.78, 5) is 20.0. The molecule has 194 valence electrons. The molecule has 2 saturated heterocycles. The Hall–Kier alpha value is -2.81. The van der Waals surface area contributed by atoms with Crippen molar-refractivity contribution in [3.05, 3.63) is 59.4 Å². The zero-order valence-electron chi connectivity index (χ0n) is 20.2. The van der Waals surface area contributed by atoms with E-state index < -0.39 is 17.7 Å². The number of hydrogen-bond donors (Lipinski definition) is 1. The number of halogens is 4. The Kier molecular flexibility index (Phi) is 7.10. The molecule has 9 heteroatoms. The molecule has 2 unspecified atom stereocenters. The summed E-state index contributed by atoms with van der Waals surface area (Å²) in [6, 6.07) is 9.97. The van der Waals surface area contributed by atoms with Crippen molar-refractivity contribution in [2.24, 2.45) is 5.92 Å². The van der Waals surface area contributed by atoms with E-state index in [1.54, 1.807) is 18.2 Å². The van der Waals surface area contributed by atoms with Crippen molar-refractivity contribution in [1.82, 2.24) is 10.2 Å². The summed E-state index contributed by atoms with van der Waals surface area (Å²) in [5, 5.41) is 3.07. The Morgan fingerprint density at radius 1 is 0.972 bits per heavy atom. The fraction of sp³-hybridized carbons (Fsp3) is 0.519. The van der Waals surface area contributed by atoms with Crippen molar-refractivity contribution in [1.29, 1.82) is 0 Å². The molecule has 0 saturated carbocycles.